The molecule has 55 heavy (non-hydrogen) atoms. The van der Waals surface area contributed by atoms with E-state index in [1.807, 2.05) is 65.9 Å². The number of aromatic nitrogens is 1. The van der Waals surface area contributed by atoms with E-state index in [9.17, 15) is 0 Å². The van der Waals surface area contributed by atoms with Crippen LogP contribution in [-0.2, 0) is 6.54 Å². The van der Waals surface area contributed by atoms with Gasteiger partial charge in [0, 0.05) is 37.5 Å². The topological polar surface area (TPSA) is 29.6 Å². The lowest BCUT2D eigenvalue weighted by Crippen LogP contribution is -2.00. The Morgan fingerprint density at radius 1 is 0.564 bits per heavy atom. The van der Waals surface area contributed by atoms with Crippen LogP contribution in [0, 0.1) is 0 Å². The number of thiophene rings is 1. The zero-order valence-corrected chi connectivity index (χ0v) is 30.9. The molecule has 10 rings (SSSR count). The molecule has 260 valence electrons. The van der Waals surface area contributed by atoms with E-state index in [4.69, 9.17) is 4.99 Å². The lowest BCUT2D eigenvalue weighted by molar-refractivity contribution is 1.06. The minimum Gasteiger partial charge on any atom is -0.308 e. The molecule has 2 heterocycles. The Morgan fingerprint density at radius 3 is 1.89 bits per heavy atom. The van der Waals surface area contributed by atoms with E-state index in [-0.39, 0.29) is 0 Å². The smallest absolute Gasteiger partial charge is 0.0726 e. The minimum absolute atomic E-state index is 0.527. The van der Waals surface area contributed by atoms with Gasteiger partial charge in [0.1, 0.15) is 0 Å². The first-order valence-electron chi connectivity index (χ1n) is 18.5. The summed E-state index contributed by atoms with van der Waals surface area (Å²) in [6.07, 6.45) is 2.04. The van der Waals surface area contributed by atoms with Gasteiger partial charge in [-0.15, -0.1) is 11.3 Å². The molecule has 0 unspecified atom stereocenters. The van der Waals surface area contributed by atoms with Crippen LogP contribution in [0.4, 0.5) is 0 Å². The highest BCUT2D eigenvalue weighted by molar-refractivity contribution is 7.27. The summed E-state index contributed by atoms with van der Waals surface area (Å²) >= 11 is 1.89. The molecule has 0 saturated heterocycles. The van der Waals surface area contributed by atoms with Gasteiger partial charge >= 0.3 is 0 Å². The zero-order valence-electron chi connectivity index (χ0n) is 30.1. The summed E-state index contributed by atoms with van der Waals surface area (Å²) < 4.78 is 5.09. The van der Waals surface area contributed by atoms with Crippen molar-refractivity contribution >= 4 is 82.2 Å². The van der Waals surface area contributed by atoms with Crippen molar-refractivity contribution in [3.8, 4) is 16.8 Å². The molecule has 10 aromatic rings. The quantitative estimate of drug-likeness (QED) is 0.140. The minimum atomic E-state index is 0.527. The molecule has 0 atom stereocenters. The maximum Gasteiger partial charge on any atom is 0.0726 e. The van der Waals surface area contributed by atoms with Crippen LogP contribution in [0.15, 0.2) is 198 Å². The molecule has 0 N–H and O–H groups in total. The Morgan fingerprint density at radius 2 is 1.18 bits per heavy atom. The normalized spacial score (nSPS) is 12.4. The predicted molar refractivity (Wildman–Crippen MR) is 237 cm³/mol. The van der Waals surface area contributed by atoms with Crippen LogP contribution in [0.1, 0.15) is 16.7 Å². The van der Waals surface area contributed by atoms with Crippen molar-refractivity contribution in [2.75, 3.05) is 0 Å². The van der Waals surface area contributed by atoms with E-state index in [2.05, 4.69) is 150 Å². The Kier molecular flexibility index (Phi) is 8.24. The Hall–Kier alpha value is -6.88. The predicted octanol–water partition coefficient (Wildman–Crippen LogP) is 13.7. The Bertz CT molecular complexity index is 3100. The molecule has 2 aromatic heterocycles. The van der Waals surface area contributed by atoms with Gasteiger partial charge in [-0.1, -0.05) is 152 Å². The first-order chi connectivity index (χ1) is 27.2. The molecule has 8 aromatic carbocycles. The molecule has 0 radical (unpaired) electrons. The number of fused-ring (bicyclic) bond motifs is 10. The fourth-order valence-corrected chi connectivity index (χ4v) is 9.23. The monoisotopic (exact) mass is 721 g/mol. The van der Waals surface area contributed by atoms with E-state index in [0.29, 0.717) is 6.54 Å². The molecule has 3 nitrogen and oxygen atoms in total. The molecular weight excluding hydrogens is 687 g/mol. The van der Waals surface area contributed by atoms with Crippen LogP contribution in [0.25, 0.3) is 75.3 Å². The highest BCUT2D eigenvalue weighted by atomic mass is 32.1. The average Bonchev–Trinajstić information content (AvgIpc) is 3.82. The third-order valence-corrected chi connectivity index (χ3v) is 11.7. The lowest BCUT2D eigenvalue weighted by Gasteiger charge is -2.11. The van der Waals surface area contributed by atoms with Crippen LogP contribution in [0.5, 0.6) is 0 Å². The van der Waals surface area contributed by atoms with Gasteiger partial charge in [0.05, 0.1) is 33.7 Å². The van der Waals surface area contributed by atoms with Crippen molar-refractivity contribution in [3.05, 3.63) is 205 Å². The molecule has 4 heteroatoms. The van der Waals surface area contributed by atoms with Crippen LogP contribution >= 0.6 is 11.3 Å². The molecule has 0 spiro atoms. The van der Waals surface area contributed by atoms with E-state index in [1.165, 1.54) is 63.9 Å². The molecule has 0 saturated carbocycles. The summed E-state index contributed by atoms with van der Waals surface area (Å²) in [6.45, 7) is 4.40. The van der Waals surface area contributed by atoms with Gasteiger partial charge in [0.2, 0.25) is 0 Å². The van der Waals surface area contributed by atoms with E-state index in [0.717, 1.165) is 33.8 Å². The maximum atomic E-state index is 5.15. The maximum absolute atomic E-state index is 5.15. The fourth-order valence-electron chi connectivity index (χ4n) is 7.97. The summed E-state index contributed by atoms with van der Waals surface area (Å²) in [5, 5.41) is 7.75. The van der Waals surface area contributed by atoms with Crippen molar-refractivity contribution in [1.82, 2.24) is 4.57 Å². The zero-order chi connectivity index (χ0) is 36.7. The second-order valence-corrected chi connectivity index (χ2v) is 14.8. The molecule has 0 bridgehead atoms. The number of benzene rings is 8. The van der Waals surface area contributed by atoms with Gasteiger partial charge in [-0.3, -0.25) is 9.98 Å². The number of nitrogens with zero attached hydrogens (tertiary/aromatic N) is 3. The van der Waals surface area contributed by atoms with Gasteiger partial charge in [-0.05, 0) is 76.2 Å². The molecule has 0 aliphatic rings. The third-order valence-electron chi connectivity index (χ3n) is 10.6. The lowest BCUT2D eigenvalue weighted by atomic mass is 9.97. The van der Waals surface area contributed by atoms with Gasteiger partial charge < -0.3 is 4.57 Å². The van der Waals surface area contributed by atoms with Gasteiger partial charge in [0.15, 0.2) is 0 Å². The van der Waals surface area contributed by atoms with Gasteiger partial charge in [-0.25, -0.2) is 0 Å². The summed E-state index contributed by atoms with van der Waals surface area (Å²) in [5.41, 5.74) is 10.8. The van der Waals surface area contributed by atoms with Crippen LogP contribution in [-0.4, -0.2) is 17.0 Å². The first-order valence-corrected chi connectivity index (χ1v) is 19.4. The number of rotatable bonds is 8. The summed E-state index contributed by atoms with van der Waals surface area (Å²) in [5.74, 6) is 0. The number of hydrogen-bond acceptors (Lipinski definition) is 3. The van der Waals surface area contributed by atoms with Crippen molar-refractivity contribution in [2.24, 2.45) is 9.98 Å². The highest BCUT2D eigenvalue weighted by Gasteiger charge is 2.22. The molecule has 0 amide bonds. The van der Waals surface area contributed by atoms with Crippen molar-refractivity contribution in [2.45, 2.75) is 6.54 Å². The SMILES string of the molecule is C=N/C(=C\C(=NCc1ccc(-n2c3ccc(-c4ccccc4)cc3c3c4ccccc4c4c5ccccc5sc4c32)cc1)c1ccccc1)c1ccccc1. The summed E-state index contributed by atoms with van der Waals surface area (Å²) in [7, 11) is 0. The molecule has 0 aliphatic carbocycles. The third kappa shape index (κ3) is 5.75. The van der Waals surface area contributed by atoms with E-state index >= 15 is 0 Å². The van der Waals surface area contributed by atoms with Gasteiger partial charge in [0.25, 0.3) is 0 Å². The average molecular weight is 722 g/mol. The number of hydrogen-bond donors (Lipinski definition) is 0. The molecule has 0 fully saturated rings. The van der Waals surface area contributed by atoms with E-state index in [1.54, 1.807) is 0 Å². The molecular formula is C51H35N3S. The second kappa shape index (κ2) is 13.8. The largest absolute Gasteiger partial charge is 0.308 e. The summed E-state index contributed by atoms with van der Waals surface area (Å²) in [6, 6.07) is 64.8. The summed E-state index contributed by atoms with van der Waals surface area (Å²) in [4.78, 5) is 9.53. The van der Waals surface area contributed by atoms with Crippen LogP contribution in [0.2, 0.25) is 0 Å². The fraction of sp³-hybridized carbons (Fsp3) is 0.0196. The number of allylic oxidation sites excluding steroid dienone is 1. The first kappa shape index (κ1) is 32.7. The standard InChI is InChI=1S/C51H35N3S/c1-52-44(36-17-7-3-8-18-36)32-45(37-19-9-4-10-20-37)53-33-34-25-28-39(29-26-34)54-46-30-27-38(35-15-5-2-6-16-35)31-43(46)48-40-21-11-12-22-41(40)49-42-23-13-14-24-47(42)55-51(49)50(48)54/h2-32H,1,33H2/b44-32-,53-45?. The van der Waals surface area contributed by atoms with Crippen molar-refractivity contribution < 1.29 is 0 Å². The van der Waals surface area contributed by atoms with Crippen molar-refractivity contribution in [3.63, 3.8) is 0 Å². The molecule has 0 aliphatic heterocycles. The number of aliphatic imine (C=N–C) groups is 2. The van der Waals surface area contributed by atoms with Crippen molar-refractivity contribution in [1.29, 1.82) is 0 Å². The van der Waals surface area contributed by atoms with Crippen LogP contribution < -0.4 is 0 Å². The Labute approximate surface area is 323 Å². The highest BCUT2D eigenvalue weighted by Crippen LogP contribution is 2.48. The van der Waals surface area contributed by atoms with Gasteiger partial charge in [-0.2, -0.15) is 0 Å². The van der Waals surface area contributed by atoms with Crippen LogP contribution in [0.3, 0.4) is 0 Å². The Balaban J connectivity index is 1.15. The van der Waals surface area contributed by atoms with E-state index < -0.39 is 0 Å². The second-order valence-electron chi connectivity index (χ2n) is 13.8.